The maximum atomic E-state index is 12.7. The number of rotatable bonds is 6. The number of hydrogen-bond acceptors (Lipinski definition) is 4. The molecule has 0 heterocycles. The molecular formula is C8H11F3O4. The van der Waals surface area contributed by atoms with Gasteiger partial charge in [0, 0.05) is 6.61 Å². The third-order valence-corrected chi connectivity index (χ3v) is 1.36. The first-order valence-corrected chi connectivity index (χ1v) is 4.18. The molecule has 0 saturated heterocycles. The molecule has 88 valence electrons. The van der Waals surface area contributed by atoms with Crippen LogP contribution in [0.15, 0.2) is 0 Å². The summed E-state index contributed by atoms with van der Waals surface area (Å²) in [4.78, 5) is 21.1. The molecule has 0 amide bonds. The van der Waals surface area contributed by atoms with Crippen molar-refractivity contribution in [3.05, 3.63) is 0 Å². The highest BCUT2D eigenvalue weighted by molar-refractivity contribution is 6.03. The van der Waals surface area contributed by atoms with E-state index >= 15 is 0 Å². The summed E-state index contributed by atoms with van der Waals surface area (Å²) in [6.07, 6.45) is -7.57. The monoisotopic (exact) mass is 228 g/mol. The Morgan fingerprint density at radius 3 is 2.20 bits per heavy atom. The summed E-state index contributed by atoms with van der Waals surface area (Å²) in [6, 6.07) is 0. The van der Waals surface area contributed by atoms with Gasteiger partial charge >= 0.3 is 5.97 Å². The number of alkyl halides is 3. The van der Waals surface area contributed by atoms with Gasteiger partial charge in [-0.1, -0.05) is 0 Å². The number of carbonyl (C=O) groups excluding carboxylic acids is 2. The highest BCUT2D eigenvalue weighted by Crippen LogP contribution is 2.07. The summed E-state index contributed by atoms with van der Waals surface area (Å²) in [7, 11) is 0. The summed E-state index contributed by atoms with van der Waals surface area (Å²) >= 11 is 0. The molecule has 0 radical (unpaired) electrons. The van der Waals surface area contributed by atoms with Crippen molar-refractivity contribution < 1.29 is 32.2 Å². The van der Waals surface area contributed by atoms with E-state index in [0.717, 1.165) is 0 Å². The van der Waals surface area contributed by atoms with Crippen molar-refractivity contribution in [2.24, 2.45) is 0 Å². The van der Waals surface area contributed by atoms with E-state index in [1.54, 1.807) is 6.92 Å². The zero-order valence-corrected chi connectivity index (χ0v) is 8.21. The van der Waals surface area contributed by atoms with E-state index in [2.05, 4.69) is 4.74 Å². The summed E-state index contributed by atoms with van der Waals surface area (Å²) < 4.78 is 45.0. The van der Waals surface area contributed by atoms with Crippen LogP contribution in [-0.2, 0) is 19.1 Å². The van der Waals surface area contributed by atoms with E-state index in [4.69, 9.17) is 4.74 Å². The first-order chi connectivity index (χ1) is 6.90. The largest absolute Gasteiger partial charge is 0.434 e. The van der Waals surface area contributed by atoms with Gasteiger partial charge in [-0.3, -0.25) is 4.79 Å². The van der Waals surface area contributed by atoms with Crippen LogP contribution in [0.25, 0.3) is 0 Å². The highest BCUT2D eigenvalue weighted by Gasteiger charge is 2.34. The topological polar surface area (TPSA) is 52.6 Å². The molecule has 0 bridgehead atoms. The number of hydrogen-bond donors (Lipinski definition) is 0. The Labute approximate surface area is 84.3 Å². The molecule has 0 aromatic rings. The molecule has 0 saturated carbocycles. The predicted molar refractivity (Wildman–Crippen MR) is 43.1 cm³/mol. The number of ether oxygens (including phenoxy) is 2. The average molecular weight is 228 g/mol. The second-order valence-electron chi connectivity index (χ2n) is 2.53. The van der Waals surface area contributed by atoms with Crippen LogP contribution < -0.4 is 0 Å². The van der Waals surface area contributed by atoms with Crippen LogP contribution in [0.2, 0.25) is 0 Å². The lowest BCUT2D eigenvalue weighted by Gasteiger charge is -2.13. The molecule has 0 aliphatic carbocycles. The normalized spacial score (nSPS) is 14.8. The highest BCUT2D eigenvalue weighted by atomic mass is 19.3. The zero-order chi connectivity index (χ0) is 12.0. The van der Waals surface area contributed by atoms with Gasteiger partial charge in [-0.15, -0.1) is 0 Å². The lowest BCUT2D eigenvalue weighted by Crippen LogP contribution is -2.34. The first kappa shape index (κ1) is 13.9. The van der Waals surface area contributed by atoms with Crippen LogP contribution in [0.3, 0.4) is 0 Å². The van der Waals surface area contributed by atoms with Crippen molar-refractivity contribution in [3.63, 3.8) is 0 Å². The van der Waals surface area contributed by atoms with Crippen LogP contribution in [0, 0.1) is 0 Å². The molecule has 0 aliphatic rings. The Bertz CT molecular complexity index is 232. The van der Waals surface area contributed by atoms with Crippen molar-refractivity contribution in [3.8, 4) is 0 Å². The molecule has 0 N–H and O–H groups in total. The third-order valence-electron chi connectivity index (χ3n) is 1.36. The maximum Gasteiger partial charge on any atom is 0.351 e. The molecular weight excluding hydrogens is 217 g/mol. The van der Waals surface area contributed by atoms with Gasteiger partial charge in [0.05, 0.1) is 0 Å². The van der Waals surface area contributed by atoms with E-state index in [-0.39, 0.29) is 6.61 Å². The second kappa shape index (κ2) is 6.39. The molecule has 0 fully saturated rings. The van der Waals surface area contributed by atoms with Crippen LogP contribution >= 0.6 is 0 Å². The van der Waals surface area contributed by atoms with Gasteiger partial charge < -0.3 is 9.47 Å². The minimum absolute atomic E-state index is 0.203. The fraction of sp³-hybridized carbons (Fsp3) is 0.750. The molecule has 0 aliphatic heterocycles. The molecule has 0 aromatic carbocycles. The van der Waals surface area contributed by atoms with E-state index in [1.807, 2.05) is 0 Å². The van der Waals surface area contributed by atoms with Crippen LogP contribution in [0.4, 0.5) is 13.2 Å². The molecule has 0 aromatic heterocycles. The molecule has 15 heavy (non-hydrogen) atoms. The Hall–Kier alpha value is -1.11. The van der Waals surface area contributed by atoms with E-state index in [9.17, 15) is 22.8 Å². The molecule has 0 rings (SSSR count). The lowest BCUT2D eigenvalue weighted by molar-refractivity contribution is -0.181. The second-order valence-corrected chi connectivity index (χ2v) is 2.53. The SMILES string of the molecule is CCOC(C)OC(=O)C(F)C(=O)C(F)F. The van der Waals surface area contributed by atoms with E-state index in [0.29, 0.717) is 0 Å². The van der Waals surface area contributed by atoms with E-state index < -0.39 is 30.6 Å². The minimum Gasteiger partial charge on any atom is -0.434 e. The Morgan fingerprint density at radius 2 is 1.80 bits per heavy atom. The van der Waals surface area contributed by atoms with Gasteiger partial charge in [0.2, 0.25) is 5.78 Å². The van der Waals surface area contributed by atoms with E-state index in [1.165, 1.54) is 6.92 Å². The third kappa shape index (κ3) is 4.78. The van der Waals surface area contributed by atoms with Crippen molar-refractivity contribution in [1.82, 2.24) is 0 Å². The van der Waals surface area contributed by atoms with Crippen LogP contribution in [0.1, 0.15) is 13.8 Å². The number of Topliss-reactive ketones (excluding diaryl/α,β-unsaturated/α-hetero) is 1. The standard InChI is InChI=1S/C8H11F3O4/c1-3-14-4(2)15-8(13)5(9)6(12)7(10)11/h4-5,7H,3H2,1-2H3. The van der Waals surface area contributed by atoms with Crippen LogP contribution in [0.5, 0.6) is 0 Å². The first-order valence-electron chi connectivity index (χ1n) is 4.18. The molecule has 2 atom stereocenters. The Kier molecular flexibility index (Phi) is 5.92. The van der Waals surface area contributed by atoms with Gasteiger partial charge in [0.1, 0.15) is 0 Å². The maximum absolute atomic E-state index is 12.7. The summed E-state index contributed by atoms with van der Waals surface area (Å²) in [6.45, 7) is 3.08. The smallest absolute Gasteiger partial charge is 0.351 e. The Morgan fingerprint density at radius 1 is 1.27 bits per heavy atom. The van der Waals surface area contributed by atoms with Gasteiger partial charge in [-0.2, -0.15) is 0 Å². The number of halogens is 3. The quantitative estimate of drug-likeness (QED) is 0.388. The molecule has 2 unspecified atom stereocenters. The van der Waals surface area contributed by atoms with Gasteiger partial charge in [0.15, 0.2) is 6.29 Å². The van der Waals surface area contributed by atoms with Gasteiger partial charge in [-0.25, -0.2) is 18.0 Å². The number of carbonyl (C=O) groups is 2. The lowest BCUT2D eigenvalue weighted by atomic mass is 10.2. The number of esters is 1. The van der Waals surface area contributed by atoms with Crippen molar-refractivity contribution >= 4 is 11.8 Å². The van der Waals surface area contributed by atoms with Crippen molar-refractivity contribution in [1.29, 1.82) is 0 Å². The predicted octanol–water partition coefficient (Wildman–Crippen LogP) is 1.08. The van der Waals surface area contributed by atoms with Crippen molar-refractivity contribution in [2.75, 3.05) is 6.61 Å². The molecule has 0 spiro atoms. The summed E-state index contributed by atoms with van der Waals surface area (Å²) in [5, 5.41) is 0. The summed E-state index contributed by atoms with van der Waals surface area (Å²) in [5.41, 5.74) is 0. The van der Waals surface area contributed by atoms with Crippen LogP contribution in [-0.4, -0.2) is 37.2 Å². The summed E-state index contributed by atoms with van der Waals surface area (Å²) in [5.74, 6) is -3.77. The molecule has 7 heteroatoms. The number of ketones is 1. The van der Waals surface area contributed by atoms with Gasteiger partial charge in [-0.05, 0) is 13.8 Å². The zero-order valence-electron chi connectivity index (χ0n) is 8.21. The fourth-order valence-electron chi connectivity index (χ4n) is 0.719. The fourth-order valence-corrected chi connectivity index (χ4v) is 0.719. The van der Waals surface area contributed by atoms with Gasteiger partial charge in [0.25, 0.3) is 12.6 Å². The Balaban J connectivity index is 4.15. The molecule has 4 nitrogen and oxygen atoms in total. The minimum atomic E-state index is -3.53. The average Bonchev–Trinajstić information content (AvgIpc) is 2.15. The van der Waals surface area contributed by atoms with Crippen molar-refractivity contribution in [2.45, 2.75) is 32.7 Å².